The summed E-state index contributed by atoms with van der Waals surface area (Å²) in [6.45, 7) is 0. The fourth-order valence-electron chi connectivity index (χ4n) is 11.9. The molecule has 3 aromatic rings. The van der Waals surface area contributed by atoms with E-state index in [0.29, 0.717) is 35.8 Å². The lowest BCUT2D eigenvalue weighted by molar-refractivity contribution is 0.126. The van der Waals surface area contributed by atoms with E-state index in [0.717, 1.165) is 38.5 Å². The molecule has 0 N–H and O–H groups in total. The van der Waals surface area contributed by atoms with Crippen LogP contribution >= 0.6 is 0 Å². The van der Waals surface area contributed by atoms with Crippen molar-refractivity contribution >= 4 is 33.1 Å². The second-order valence-electron chi connectivity index (χ2n) is 17.2. The van der Waals surface area contributed by atoms with Crippen LogP contribution in [0.2, 0.25) is 0 Å². The molecule has 0 amide bonds. The number of hydrogen-bond acceptors (Lipinski definition) is 1. The first kappa shape index (κ1) is 32.6. The predicted octanol–water partition coefficient (Wildman–Crippen LogP) is 13.0. The molecular formula is C54H48N2. The number of hydrogen-bond donors (Lipinski definition) is 0. The molecule has 12 rings (SSSR count). The molecule has 9 aliphatic rings. The molecule has 2 heterocycles. The van der Waals surface area contributed by atoms with Crippen LogP contribution in [-0.2, 0) is 0 Å². The summed E-state index contributed by atoms with van der Waals surface area (Å²) in [6, 6.07) is 17.1. The van der Waals surface area contributed by atoms with E-state index in [1.165, 1.54) is 73.8 Å². The summed E-state index contributed by atoms with van der Waals surface area (Å²) in [7, 11) is 0. The number of rotatable bonds is 4. The van der Waals surface area contributed by atoms with Crippen LogP contribution in [0.1, 0.15) is 56.9 Å². The van der Waals surface area contributed by atoms with Crippen molar-refractivity contribution in [1.29, 1.82) is 0 Å². The number of allylic oxidation sites excluding steroid dienone is 22. The Kier molecular flexibility index (Phi) is 7.57. The fourth-order valence-corrected chi connectivity index (χ4v) is 11.9. The second kappa shape index (κ2) is 13.0. The van der Waals surface area contributed by atoms with Crippen LogP contribution in [0.3, 0.4) is 0 Å². The topological polar surface area (TPSA) is 8.17 Å². The smallest absolute Gasteiger partial charge is 0.0584 e. The summed E-state index contributed by atoms with van der Waals surface area (Å²) in [5.74, 6) is 1.80. The molecule has 8 aliphatic carbocycles. The van der Waals surface area contributed by atoms with Crippen LogP contribution in [-0.4, -0.2) is 21.6 Å². The van der Waals surface area contributed by atoms with Crippen molar-refractivity contribution in [2.45, 2.75) is 63.5 Å². The highest BCUT2D eigenvalue weighted by molar-refractivity contribution is 6.11. The zero-order valence-electron chi connectivity index (χ0n) is 32.0. The lowest BCUT2D eigenvalue weighted by atomic mass is 9.62. The average molecular weight is 725 g/mol. The van der Waals surface area contributed by atoms with Gasteiger partial charge in [0.25, 0.3) is 0 Å². The van der Waals surface area contributed by atoms with E-state index in [2.05, 4.69) is 167 Å². The lowest BCUT2D eigenvalue weighted by Crippen LogP contribution is -2.53. The standard InChI is InChI=1S/C54H48N2/c1-2-15-36(16-3-1)53-43-20-6-8-22-45(43)54(46-23-9-7-21-44(46)53)56-50-25-13-11-19-42(50)48-34-39(28-31-52(48)56)38-27-30-51-47(33-38)41-18-10-12-24-49(41)55(51)40-29-26-35-14-4-5-17-37(35)32-40/h1-2,4,6-12,14-15,18-24,26-30,33-34,37,43,45-46,52,54H,3,5,13,16-17,25,31-32H2/t37?,43?,45?,46-,52?,54?/m0/s1. The third kappa shape index (κ3) is 4.94. The van der Waals surface area contributed by atoms with Gasteiger partial charge in [-0.05, 0) is 132 Å². The Morgan fingerprint density at radius 3 is 2.54 bits per heavy atom. The van der Waals surface area contributed by atoms with E-state index >= 15 is 0 Å². The molecule has 56 heavy (non-hydrogen) atoms. The molecule has 1 aromatic heterocycles. The molecule has 274 valence electrons. The Hall–Kier alpha value is -5.60. The van der Waals surface area contributed by atoms with Gasteiger partial charge in [0.15, 0.2) is 0 Å². The Morgan fingerprint density at radius 1 is 0.696 bits per heavy atom. The molecule has 0 fully saturated rings. The van der Waals surface area contributed by atoms with Gasteiger partial charge in [-0.2, -0.15) is 0 Å². The van der Waals surface area contributed by atoms with Crippen molar-refractivity contribution in [3.8, 4) is 0 Å². The van der Waals surface area contributed by atoms with Crippen molar-refractivity contribution < 1.29 is 0 Å². The van der Waals surface area contributed by atoms with Crippen molar-refractivity contribution in [3.63, 3.8) is 0 Å². The van der Waals surface area contributed by atoms with Gasteiger partial charge in [-0.25, -0.2) is 0 Å². The second-order valence-corrected chi connectivity index (χ2v) is 17.2. The lowest BCUT2D eigenvalue weighted by Gasteiger charge is -2.51. The van der Waals surface area contributed by atoms with Gasteiger partial charge in [0.2, 0.25) is 0 Å². The van der Waals surface area contributed by atoms with Crippen LogP contribution in [0.4, 0.5) is 0 Å². The zero-order chi connectivity index (χ0) is 36.7. The third-order valence-electron chi connectivity index (χ3n) is 14.3. The molecule has 0 saturated heterocycles. The molecule has 5 unspecified atom stereocenters. The average Bonchev–Trinajstić information content (AvgIpc) is 3.77. The Labute approximate surface area is 331 Å². The van der Waals surface area contributed by atoms with Crippen molar-refractivity contribution in [2.24, 2.45) is 23.7 Å². The zero-order valence-corrected chi connectivity index (χ0v) is 32.0. The molecule has 2 heteroatoms. The first-order chi connectivity index (χ1) is 27.8. The minimum atomic E-state index is 0.354. The predicted molar refractivity (Wildman–Crippen MR) is 234 cm³/mol. The number of nitrogens with zero attached hydrogens (tertiary/aromatic N) is 2. The van der Waals surface area contributed by atoms with E-state index in [9.17, 15) is 0 Å². The number of fused-ring (bicyclic) bond motifs is 8. The summed E-state index contributed by atoms with van der Waals surface area (Å²) in [6.07, 6.45) is 54.8. The minimum Gasteiger partial charge on any atom is -0.362 e. The summed E-state index contributed by atoms with van der Waals surface area (Å²) >= 11 is 0. The summed E-state index contributed by atoms with van der Waals surface area (Å²) in [5.41, 5.74) is 17.5. The maximum absolute atomic E-state index is 2.94. The van der Waals surface area contributed by atoms with E-state index in [1.807, 2.05) is 0 Å². The fraction of sp³-hybridized carbons (Fsp3) is 0.259. The van der Waals surface area contributed by atoms with Crippen LogP contribution in [0.25, 0.3) is 33.1 Å². The normalized spacial score (nSPS) is 29.8. The summed E-state index contributed by atoms with van der Waals surface area (Å²) in [5, 5.41) is 2.70. The van der Waals surface area contributed by atoms with E-state index < -0.39 is 0 Å². The number of para-hydroxylation sites is 1. The van der Waals surface area contributed by atoms with Gasteiger partial charge in [0.05, 0.1) is 17.1 Å². The van der Waals surface area contributed by atoms with Gasteiger partial charge in [-0.15, -0.1) is 0 Å². The molecule has 6 atom stereocenters. The van der Waals surface area contributed by atoms with Gasteiger partial charge in [0, 0.05) is 46.0 Å². The van der Waals surface area contributed by atoms with E-state index in [1.54, 1.807) is 16.8 Å². The highest BCUT2D eigenvalue weighted by Crippen LogP contribution is 2.54. The van der Waals surface area contributed by atoms with Crippen LogP contribution in [0.5, 0.6) is 0 Å². The monoisotopic (exact) mass is 724 g/mol. The first-order valence-electron chi connectivity index (χ1n) is 21.3. The maximum atomic E-state index is 2.94. The molecule has 0 radical (unpaired) electrons. The van der Waals surface area contributed by atoms with Crippen molar-refractivity contribution in [1.82, 2.24) is 9.47 Å². The van der Waals surface area contributed by atoms with Gasteiger partial charge < -0.3 is 9.47 Å². The summed E-state index contributed by atoms with van der Waals surface area (Å²) < 4.78 is 2.55. The molecule has 2 nitrogen and oxygen atoms in total. The van der Waals surface area contributed by atoms with Gasteiger partial charge >= 0.3 is 0 Å². The Bertz CT molecular complexity index is 2670. The van der Waals surface area contributed by atoms with Crippen LogP contribution < -0.4 is 0 Å². The SMILES string of the molecule is C1=CCCC(C2=C3C=CC=C[C@@H]3C(N3C4=C(C=CCC4)C4=CC(c5ccc6c(c5)c5ccccc5n6C5=CC=C6C=CCCC6C5)=CCC43)C3C=CC=CC23)=C1. The summed E-state index contributed by atoms with van der Waals surface area (Å²) in [4.78, 5) is 2.94. The van der Waals surface area contributed by atoms with Gasteiger partial charge in [-0.3, -0.25) is 0 Å². The van der Waals surface area contributed by atoms with Crippen molar-refractivity contribution in [3.05, 3.63) is 203 Å². The molecule has 0 bridgehead atoms. The first-order valence-corrected chi connectivity index (χ1v) is 21.3. The van der Waals surface area contributed by atoms with Crippen LogP contribution in [0, 0.1) is 23.7 Å². The molecule has 0 spiro atoms. The largest absolute Gasteiger partial charge is 0.362 e. The maximum Gasteiger partial charge on any atom is 0.0584 e. The van der Waals surface area contributed by atoms with Gasteiger partial charge in [-0.1, -0.05) is 128 Å². The Morgan fingerprint density at radius 2 is 1.57 bits per heavy atom. The third-order valence-corrected chi connectivity index (χ3v) is 14.3. The minimum absolute atomic E-state index is 0.354. The van der Waals surface area contributed by atoms with Gasteiger partial charge in [0.1, 0.15) is 0 Å². The number of aromatic nitrogens is 1. The molecular weight excluding hydrogens is 677 g/mol. The highest BCUT2D eigenvalue weighted by atomic mass is 15.2. The van der Waals surface area contributed by atoms with Crippen LogP contribution in [0.15, 0.2) is 197 Å². The van der Waals surface area contributed by atoms with E-state index in [4.69, 9.17) is 0 Å². The number of benzene rings is 2. The Balaban J connectivity index is 0.938. The molecule has 2 aromatic carbocycles. The molecule has 0 saturated carbocycles. The van der Waals surface area contributed by atoms with E-state index in [-0.39, 0.29) is 0 Å². The highest BCUT2D eigenvalue weighted by Gasteiger charge is 2.50. The molecule has 1 aliphatic heterocycles. The van der Waals surface area contributed by atoms with Crippen molar-refractivity contribution in [2.75, 3.05) is 0 Å². The quantitative estimate of drug-likeness (QED) is 0.260.